The number of nitrogens with one attached hydrogen (secondary N) is 2. The molecule has 0 aromatic heterocycles. The van der Waals surface area contributed by atoms with Gasteiger partial charge in [0.15, 0.2) is 0 Å². The molecule has 0 aromatic carbocycles. The number of allylic oxidation sites excluding steroid dienone is 6. The van der Waals surface area contributed by atoms with E-state index in [1.54, 1.807) is 6.20 Å². The lowest BCUT2D eigenvalue weighted by molar-refractivity contribution is 0.206. The highest BCUT2D eigenvalue weighted by molar-refractivity contribution is 9.12. The second kappa shape index (κ2) is 19.6. The number of nitrogens with zero attached hydrogens (tertiary/aromatic N) is 1. The molecule has 0 heterocycles. The van der Waals surface area contributed by atoms with Crippen molar-refractivity contribution in [3.8, 4) is 0 Å². The molecule has 1 aliphatic rings. The van der Waals surface area contributed by atoms with E-state index < -0.39 is 0 Å². The molecule has 0 amide bonds. The van der Waals surface area contributed by atoms with Gasteiger partial charge in [-0.1, -0.05) is 67.9 Å². The van der Waals surface area contributed by atoms with Gasteiger partial charge < -0.3 is 21.4 Å². The van der Waals surface area contributed by atoms with Gasteiger partial charge in [0.1, 0.15) is 0 Å². The second-order valence-corrected chi connectivity index (χ2v) is 9.56. The second-order valence-electron chi connectivity index (χ2n) is 8.70. The van der Waals surface area contributed by atoms with Gasteiger partial charge in [-0.3, -0.25) is 0 Å². The monoisotopic (exact) mass is 539 g/mol. The molecule has 198 valence electrons. The molecular formula is C28H54BrN5. The Morgan fingerprint density at radius 3 is 2.32 bits per heavy atom. The van der Waals surface area contributed by atoms with Crippen LogP contribution < -0.4 is 22.2 Å². The number of hydrogen-bond donors (Lipinski definition) is 4. The Labute approximate surface area is 220 Å². The van der Waals surface area contributed by atoms with E-state index in [0.717, 1.165) is 54.6 Å². The summed E-state index contributed by atoms with van der Waals surface area (Å²) in [6.45, 7) is 20.7. The maximum atomic E-state index is 6.33. The van der Waals surface area contributed by atoms with E-state index in [-0.39, 0.29) is 5.41 Å². The average Bonchev–Trinajstić information content (AvgIpc) is 2.85. The number of hydrazine groups is 1. The first-order valence-corrected chi connectivity index (χ1v) is 13.8. The summed E-state index contributed by atoms with van der Waals surface area (Å²) in [5, 5.41) is 8.74. The number of rotatable bonds is 12. The first-order valence-electron chi connectivity index (χ1n) is 13.0. The molecule has 1 rings (SSSR count). The summed E-state index contributed by atoms with van der Waals surface area (Å²) < 4.78 is 0.837. The van der Waals surface area contributed by atoms with Crippen LogP contribution in [0.15, 0.2) is 57.7 Å². The van der Waals surface area contributed by atoms with Crippen LogP contribution in [0.2, 0.25) is 0 Å². The van der Waals surface area contributed by atoms with Gasteiger partial charge in [0.2, 0.25) is 0 Å². The van der Waals surface area contributed by atoms with Crippen molar-refractivity contribution in [2.24, 2.45) is 22.9 Å². The fraction of sp³-hybridized carbons (Fsp3) is 0.643. The van der Waals surface area contributed by atoms with Crippen molar-refractivity contribution in [1.82, 2.24) is 15.6 Å². The highest BCUT2D eigenvalue weighted by Crippen LogP contribution is 2.27. The Bertz CT molecular complexity index is 702. The molecule has 1 unspecified atom stereocenters. The Morgan fingerprint density at radius 2 is 1.82 bits per heavy atom. The standard InChI is InChI=1S/C24H42BrN5.2C2H6/c1-7-14-24(4,5)17-30(27)18(3)12-13-23(21(25)15-26)29-16-19-10-9-11-22(28-6)20(19)8-2;2*1-2/h9,11-13,15,19,28-29H,7-8,10,14,16-17,26-27H2,1-6H3;2*1-2H3/b18-12+,21-15-,23-13+;;. The quantitative estimate of drug-likeness (QED) is 0.121. The molecule has 1 aliphatic carbocycles. The van der Waals surface area contributed by atoms with E-state index in [1.165, 1.54) is 11.3 Å². The van der Waals surface area contributed by atoms with Crippen LogP contribution >= 0.6 is 15.9 Å². The summed E-state index contributed by atoms with van der Waals surface area (Å²) in [4.78, 5) is 0. The third-order valence-electron chi connectivity index (χ3n) is 5.61. The molecule has 1 atom stereocenters. The molecule has 6 N–H and O–H groups in total. The predicted molar refractivity (Wildman–Crippen MR) is 157 cm³/mol. The van der Waals surface area contributed by atoms with Crippen LogP contribution in [0.25, 0.3) is 0 Å². The third kappa shape index (κ3) is 12.7. The van der Waals surface area contributed by atoms with Gasteiger partial charge in [0.25, 0.3) is 0 Å². The molecule has 0 bridgehead atoms. The van der Waals surface area contributed by atoms with Crippen LogP contribution in [-0.4, -0.2) is 25.1 Å². The lowest BCUT2D eigenvalue weighted by Gasteiger charge is -2.31. The van der Waals surface area contributed by atoms with E-state index in [2.05, 4.69) is 66.4 Å². The average molecular weight is 541 g/mol. The SMILES string of the molecule is CC.CC.CCCC(C)(C)CN(N)/C(C)=C/C=C(NCC1CC=CC(NC)=C1CC)\C(Br)=C\N. The van der Waals surface area contributed by atoms with E-state index >= 15 is 0 Å². The summed E-state index contributed by atoms with van der Waals surface area (Å²) >= 11 is 3.58. The number of halogens is 1. The predicted octanol–water partition coefficient (Wildman–Crippen LogP) is 7.07. The van der Waals surface area contributed by atoms with Gasteiger partial charge in [-0.05, 0) is 71.3 Å². The molecule has 5 nitrogen and oxygen atoms in total. The summed E-state index contributed by atoms with van der Waals surface area (Å²) in [7, 11) is 1.98. The molecule has 0 aliphatic heterocycles. The third-order valence-corrected chi connectivity index (χ3v) is 6.30. The van der Waals surface area contributed by atoms with Crippen LogP contribution in [0.4, 0.5) is 0 Å². The van der Waals surface area contributed by atoms with Gasteiger partial charge in [-0.25, -0.2) is 5.84 Å². The van der Waals surface area contributed by atoms with Crippen LogP contribution in [0.3, 0.4) is 0 Å². The van der Waals surface area contributed by atoms with Crippen molar-refractivity contribution in [3.05, 3.63) is 57.7 Å². The minimum atomic E-state index is 0.184. The smallest absolute Gasteiger partial charge is 0.0561 e. The summed E-state index contributed by atoms with van der Waals surface area (Å²) in [5.74, 6) is 6.78. The summed E-state index contributed by atoms with van der Waals surface area (Å²) in [6.07, 6.45) is 14.5. The fourth-order valence-corrected chi connectivity index (χ4v) is 4.21. The first-order chi connectivity index (χ1) is 16.2. The number of likely N-dealkylation sites (N-methyl/N-ethyl adjacent to an activating group) is 1. The van der Waals surface area contributed by atoms with Crippen molar-refractivity contribution in [2.45, 2.75) is 88.0 Å². The Balaban J connectivity index is 0. The van der Waals surface area contributed by atoms with Crippen molar-refractivity contribution >= 4 is 15.9 Å². The molecule has 34 heavy (non-hydrogen) atoms. The van der Waals surface area contributed by atoms with Crippen molar-refractivity contribution in [3.63, 3.8) is 0 Å². The molecule has 0 saturated carbocycles. The largest absolute Gasteiger partial charge is 0.404 e. The molecule has 0 saturated heterocycles. The summed E-state index contributed by atoms with van der Waals surface area (Å²) in [6, 6.07) is 0. The van der Waals surface area contributed by atoms with Crippen molar-refractivity contribution in [2.75, 3.05) is 20.1 Å². The van der Waals surface area contributed by atoms with Crippen molar-refractivity contribution in [1.29, 1.82) is 0 Å². The first kappa shape index (κ1) is 34.5. The molecule has 6 heteroatoms. The van der Waals surface area contributed by atoms with Crippen molar-refractivity contribution < 1.29 is 0 Å². The highest BCUT2D eigenvalue weighted by Gasteiger charge is 2.20. The number of hydrogen-bond acceptors (Lipinski definition) is 5. The minimum Gasteiger partial charge on any atom is -0.404 e. The Morgan fingerprint density at radius 1 is 1.21 bits per heavy atom. The zero-order valence-electron chi connectivity index (χ0n) is 23.7. The van der Waals surface area contributed by atoms with Gasteiger partial charge in [-0.15, -0.1) is 0 Å². The zero-order chi connectivity index (χ0) is 26.7. The lowest BCUT2D eigenvalue weighted by atomic mass is 9.87. The topological polar surface area (TPSA) is 79.3 Å². The minimum absolute atomic E-state index is 0.184. The zero-order valence-corrected chi connectivity index (χ0v) is 25.3. The van der Waals surface area contributed by atoms with Gasteiger partial charge in [0.05, 0.1) is 4.48 Å². The normalized spacial score (nSPS) is 16.8. The highest BCUT2D eigenvalue weighted by atomic mass is 79.9. The Hall–Kier alpha value is -1.66. The van der Waals surface area contributed by atoms with Crippen LogP contribution in [0.1, 0.15) is 88.0 Å². The molecule has 0 aromatic rings. The molecule has 0 spiro atoms. The van der Waals surface area contributed by atoms with E-state index in [9.17, 15) is 0 Å². The fourth-order valence-electron chi connectivity index (χ4n) is 3.94. The van der Waals surface area contributed by atoms with Crippen LogP contribution in [0.5, 0.6) is 0 Å². The van der Waals surface area contributed by atoms with Crippen LogP contribution in [0, 0.1) is 11.3 Å². The van der Waals surface area contributed by atoms with Crippen LogP contribution in [-0.2, 0) is 0 Å². The Kier molecular flexibility index (Phi) is 19.9. The van der Waals surface area contributed by atoms with Gasteiger partial charge >= 0.3 is 0 Å². The summed E-state index contributed by atoms with van der Waals surface area (Å²) in [5.41, 5.74) is 10.6. The number of nitrogens with two attached hydrogens (primary N) is 2. The van der Waals surface area contributed by atoms with E-state index in [1.807, 2.05) is 58.8 Å². The molecule has 0 fully saturated rings. The van der Waals surface area contributed by atoms with E-state index in [4.69, 9.17) is 11.6 Å². The molecular weight excluding hydrogens is 486 g/mol. The van der Waals surface area contributed by atoms with Gasteiger partial charge in [-0.2, -0.15) is 0 Å². The van der Waals surface area contributed by atoms with Gasteiger partial charge in [0, 0.05) is 49.3 Å². The molecule has 0 radical (unpaired) electrons. The maximum Gasteiger partial charge on any atom is 0.0561 e. The lowest BCUT2D eigenvalue weighted by Crippen LogP contribution is -2.38. The maximum absolute atomic E-state index is 6.33. The van der Waals surface area contributed by atoms with E-state index in [0.29, 0.717) is 5.92 Å².